The number of ether oxygens (including phenoxy) is 2. The Hall–Kier alpha value is -2.31. The minimum absolute atomic E-state index is 0.221. The Morgan fingerprint density at radius 1 is 1.27 bits per heavy atom. The molecular weight excluding hydrogens is 535 g/mol. The van der Waals surface area contributed by atoms with Crippen LogP contribution in [0, 0.1) is 5.82 Å². The van der Waals surface area contributed by atoms with Crippen LogP contribution in [-0.2, 0) is 22.7 Å². The fraction of sp³-hybridized carbons (Fsp3) is 0.480. The van der Waals surface area contributed by atoms with E-state index in [-0.39, 0.29) is 11.8 Å². The van der Waals surface area contributed by atoms with E-state index in [0.29, 0.717) is 43.6 Å². The van der Waals surface area contributed by atoms with Crippen molar-refractivity contribution < 1.29 is 22.9 Å². The van der Waals surface area contributed by atoms with Crippen LogP contribution in [0.15, 0.2) is 24.3 Å². The third-order valence-corrected chi connectivity index (χ3v) is 8.94. The summed E-state index contributed by atoms with van der Waals surface area (Å²) in [7, 11) is -1.21. The fourth-order valence-electron chi connectivity index (χ4n) is 4.01. The van der Waals surface area contributed by atoms with E-state index in [1.807, 2.05) is 6.07 Å². The number of halogens is 2. The predicted molar refractivity (Wildman–Crippen MR) is 146 cm³/mol. The zero-order valence-electron chi connectivity index (χ0n) is 21.6. The number of hydrogen-bond donors (Lipinski definition) is 0. The van der Waals surface area contributed by atoms with Gasteiger partial charge in [0, 0.05) is 27.8 Å². The molecule has 3 aromatic rings. The van der Waals surface area contributed by atoms with Gasteiger partial charge in [-0.1, -0.05) is 25.7 Å². The molecular formula is C25H32ClFN4O4SSi. The molecule has 4 rings (SSSR count). The average molecular weight is 567 g/mol. The van der Waals surface area contributed by atoms with Crippen LogP contribution in [0.3, 0.4) is 0 Å². The topological polar surface area (TPSA) is 78.7 Å². The van der Waals surface area contributed by atoms with Crippen molar-refractivity contribution in [1.29, 1.82) is 0 Å². The van der Waals surface area contributed by atoms with Crippen LogP contribution in [0.5, 0.6) is 5.88 Å². The molecule has 1 aliphatic rings. The normalized spacial score (nSPS) is 14.7. The van der Waals surface area contributed by atoms with E-state index >= 15 is 0 Å². The van der Waals surface area contributed by atoms with Gasteiger partial charge in [0.25, 0.3) is 5.88 Å². The highest BCUT2D eigenvalue weighted by Crippen LogP contribution is 2.29. The third-order valence-electron chi connectivity index (χ3n) is 6.09. The largest absolute Gasteiger partial charge is 0.462 e. The molecule has 0 saturated heterocycles. The average Bonchev–Trinajstić information content (AvgIpc) is 3.40. The first-order valence-electron chi connectivity index (χ1n) is 12.3. The van der Waals surface area contributed by atoms with Crippen molar-refractivity contribution in [2.24, 2.45) is 0 Å². The molecule has 0 bridgehead atoms. The Labute approximate surface area is 226 Å². The van der Waals surface area contributed by atoms with Crippen LogP contribution in [0.25, 0.3) is 15.9 Å². The van der Waals surface area contributed by atoms with E-state index in [2.05, 4.69) is 44.5 Å². The summed E-state index contributed by atoms with van der Waals surface area (Å²) >= 11 is 6.67. The SMILES string of the molecule is CCOC(=O)c1cc2c(nc(CN3CC=C(c4ccc(F)c(OCl)n4)CC3)n2COCC[Si](C)(C)C)s1. The van der Waals surface area contributed by atoms with Crippen molar-refractivity contribution in [1.82, 2.24) is 19.4 Å². The zero-order valence-corrected chi connectivity index (χ0v) is 24.1. The molecule has 0 spiro atoms. The monoisotopic (exact) mass is 566 g/mol. The minimum atomic E-state index is -1.21. The summed E-state index contributed by atoms with van der Waals surface area (Å²) in [6, 6.07) is 5.87. The van der Waals surface area contributed by atoms with E-state index in [1.54, 1.807) is 13.0 Å². The summed E-state index contributed by atoms with van der Waals surface area (Å²) in [5, 5.41) is 0. The summed E-state index contributed by atoms with van der Waals surface area (Å²) < 4.78 is 31.5. The summed E-state index contributed by atoms with van der Waals surface area (Å²) in [5.74, 6) is -0.258. The summed E-state index contributed by atoms with van der Waals surface area (Å²) in [5.41, 5.74) is 2.55. The van der Waals surface area contributed by atoms with E-state index < -0.39 is 13.9 Å². The standard InChI is InChI=1S/C25H32ClFN4O4SSi/c1-5-34-25(32)21-14-20-24(36-21)29-22(31(20)16-33-12-13-37(2,3)4)15-30-10-8-17(9-11-30)19-7-6-18(27)23(28-19)35-26/h6-8,14H,5,9-13,15-16H2,1-4H3. The highest BCUT2D eigenvalue weighted by Gasteiger charge is 2.22. The van der Waals surface area contributed by atoms with E-state index in [9.17, 15) is 9.18 Å². The number of pyridine rings is 1. The van der Waals surface area contributed by atoms with Crippen LogP contribution >= 0.6 is 23.2 Å². The molecule has 12 heteroatoms. The van der Waals surface area contributed by atoms with Crippen molar-refractivity contribution in [3.63, 3.8) is 0 Å². The minimum Gasteiger partial charge on any atom is -0.462 e. The van der Waals surface area contributed by atoms with Crippen molar-refractivity contribution in [2.75, 3.05) is 26.3 Å². The molecule has 0 aromatic carbocycles. The molecule has 0 atom stereocenters. The van der Waals surface area contributed by atoms with Gasteiger partial charge in [-0.15, -0.1) is 11.3 Å². The van der Waals surface area contributed by atoms with Gasteiger partial charge in [0.2, 0.25) is 0 Å². The smallest absolute Gasteiger partial charge is 0.348 e. The zero-order chi connectivity index (χ0) is 26.6. The van der Waals surface area contributed by atoms with Crippen molar-refractivity contribution in [2.45, 2.75) is 52.3 Å². The highest BCUT2D eigenvalue weighted by atomic mass is 35.5. The Morgan fingerprint density at radius 2 is 2.08 bits per heavy atom. The Balaban J connectivity index is 1.50. The van der Waals surface area contributed by atoms with Crippen LogP contribution in [0.2, 0.25) is 25.7 Å². The second kappa shape index (κ2) is 12.0. The van der Waals surface area contributed by atoms with Crippen LogP contribution in [0.1, 0.15) is 34.5 Å². The number of carbonyl (C=O) groups excluding carboxylic acids is 1. The lowest BCUT2D eigenvalue weighted by molar-refractivity contribution is 0.0532. The maximum absolute atomic E-state index is 13.7. The van der Waals surface area contributed by atoms with Gasteiger partial charge >= 0.3 is 5.97 Å². The molecule has 0 fully saturated rings. The Kier molecular flexibility index (Phi) is 9.01. The number of rotatable bonds is 11. The van der Waals surface area contributed by atoms with Crippen LogP contribution < -0.4 is 4.29 Å². The molecule has 0 saturated carbocycles. The van der Waals surface area contributed by atoms with Gasteiger partial charge in [0.15, 0.2) is 5.82 Å². The van der Waals surface area contributed by atoms with Gasteiger partial charge in [-0.05, 0) is 43.2 Å². The lowest BCUT2D eigenvalue weighted by atomic mass is 10.0. The summed E-state index contributed by atoms with van der Waals surface area (Å²) in [4.78, 5) is 24.9. The lowest BCUT2D eigenvalue weighted by Gasteiger charge is -2.26. The number of fused-ring (bicyclic) bond motifs is 1. The van der Waals surface area contributed by atoms with E-state index in [0.717, 1.165) is 40.8 Å². The molecule has 0 aliphatic carbocycles. The molecule has 0 radical (unpaired) electrons. The molecule has 37 heavy (non-hydrogen) atoms. The highest BCUT2D eigenvalue weighted by molar-refractivity contribution is 7.20. The maximum Gasteiger partial charge on any atom is 0.348 e. The van der Waals surface area contributed by atoms with E-state index in [4.69, 9.17) is 26.3 Å². The number of nitrogens with zero attached hydrogens (tertiary/aromatic N) is 4. The molecule has 0 unspecified atom stereocenters. The molecule has 4 heterocycles. The van der Waals surface area contributed by atoms with Gasteiger partial charge in [-0.3, -0.25) is 4.90 Å². The number of aromatic nitrogens is 3. The van der Waals surface area contributed by atoms with Gasteiger partial charge in [-0.2, -0.15) is 0 Å². The Bertz CT molecular complexity index is 1290. The molecule has 8 nitrogen and oxygen atoms in total. The van der Waals surface area contributed by atoms with Crippen LogP contribution in [-0.4, -0.2) is 59.8 Å². The molecule has 0 N–H and O–H groups in total. The molecule has 200 valence electrons. The molecule has 0 amide bonds. The van der Waals surface area contributed by atoms with Crippen molar-refractivity contribution in [3.05, 3.63) is 46.5 Å². The van der Waals surface area contributed by atoms with Gasteiger partial charge in [0.05, 0.1) is 24.4 Å². The van der Waals surface area contributed by atoms with Gasteiger partial charge in [0.1, 0.15) is 34.1 Å². The van der Waals surface area contributed by atoms with Crippen molar-refractivity contribution in [3.8, 4) is 5.88 Å². The van der Waals surface area contributed by atoms with E-state index in [1.165, 1.54) is 17.4 Å². The van der Waals surface area contributed by atoms with Gasteiger partial charge < -0.3 is 18.3 Å². The second-order valence-electron chi connectivity index (χ2n) is 10.1. The third kappa shape index (κ3) is 6.96. The molecule has 3 aromatic heterocycles. The number of esters is 1. The summed E-state index contributed by atoms with van der Waals surface area (Å²) in [6.07, 6.45) is 2.83. The fourth-order valence-corrected chi connectivity index (χ4v) is 5.82. The number of hydrogen-bond acceptors (Lipinski definition) is 8. The number of thiophene rings is 1. The van der Waals surface area contributed by atoms with Crippen LogP contribution in [0.4, 0.5) is 4.39 Å². The first kappa shape index (κ1) is 27.7. The quantitative estimate of drug-likeness (QED) is 0.161. The Morgan fingerprint density at radius 3 is 2.76 bits per heavy atom. The maximum atomic E-state index is 13.7. The predicted octanol–water partition coefficient (Wildman–Crippen LogP) is 5.94. The number of carbonyl (C=O) groups is 1. The first-order valence-corrected chi connectivity index (χ1v) is 17.1. The first-order chi connectivity index (χ1) is 17.7. The second-order valence-corrected chi connectivity index (χ2v) is 16.9. The van der Waals surface area contributed by atoms with Crippen molar-refractivity contribution >= 4 is 53.2 Å². The summed E-state index contributed by atoms with van der Waals surface area (Å²) in [6.45, 7) is 12.3. The number of imidazole rings is 1. The van der Waals surface area contributed by atoms with Gasteiger partial charge in [-0.25, -0.2) is 19.2 Å². The molecule has 1 aliphatic heterocycles. The lowest BCUT2D eigenvalue weighted by Crippen LogP contribution is -2.29.